The molecule has 2 unspecified atom stereocenters. The lowest BCUT2D eigenvalue weighted by atomic mass is 9.48. The first-order valence-corrected chi connectivity index (χ1v) is 12.7. The molecule has 1 heterocycles. The van der Waals surface area contributed by atoms with E-state index >= 15 is 0 Å². The van der Waals surface area contributed by atoms with Gasteiger partial charge in [0, 0.05) is 30.2 Å². The quantitative estimate of drug-likeness (QED) is 0.426. The van der Waals surface area contributed by atoms with Crippen molar-refractivity contribution in [3.05, 3.63) is 46.6 Å². The molecule has 4 N–H and O–H groups in total. The molecule has 6 rings (SSSR count). The smallest absolute Gasteiger partial charge is 0.224 e. The van der Waals surface area contributed by atoms with Crippen LogP contribution in [0.2, 0.25) is 5.02 Å². The van der Waals surface area contributed by atoms with Crippen LogP contribution in [0.4, 0.5) is 11.8 Å². The van der Waals surface area contributed by atoms with Crippen LogP contribution in [0.1, 0.15) is 50.2 Å². The number of hydrogen-bond donors (Lipinski definition) is 4. The van der Waals surface area contributed by atoms with Crippen molar-refractivity contribution < 1.29 is 5.11 Å². The topological polar surface area (TPSA) is 106 Å². The molecule has 180 valence electrons. The van der Waals surface area contributed by atoms with Gasteiger partial charge in [-0.2, -0.15) is 10.2 Å². The van der Waals surface area contributed by atoms with E-state index in [2.05, 4.69) is 38.9 Å². The van der Waals surface area contributed by atoms with Crippen LogP contribution in [0.25, 0.3) is 0 Å². The Morgan fingerprint density at radius 2 is 1.97 bits per heavy atom. The second-order valence-corrected chi connectivity index (χ2v) is 11.0. The molecule has 0 amide bonds. The number of aromatic nitrogens is 2. The number of halogens is 1. The van der Waals surface area contributed by atoms with Gasteiger partial charge >= 0.3 is 0 Å². The summed E-state index contributed by atoms with van der Waals surface area (Å²) in [4.78, 5) is 8.95. The molecule has 0 aliphatic heterocycles. The second kappa shape index (κ2) is 9.69. The van der Waals surface area contributed by atoms with Crippen molar-refractivity contribution in [2.24, 2.45) is 23.2 Å². The maximum Gasteiger partial charge on any atom is 0.224 e. The zero-order valence-electron chi connectivity index (χ0n) is 19.6. The first-order chi connectivity index (χ1) is 16.5. The minimum absolute atomic E-state index is 0.146. The van der Waals surface area contributed by atoms with Crippen LogP contribution < -0.4 is 16.0 Å². The average Bonchev–Trinajstić information content (AvgIpc) is 2.84. The normalized spacial score (nSPS) is 30.1. The van der Waals surface area contributed by atoms with E-state index in [1.807, 2.05) is 24.3 Å². The molecule has 2 aromatic rings. The largest absolute Gasteiger partial charge is 0.395 e. The molecule has 1 aromatic carbocycles. The van der Waals surface area contributed by atoms with Crippen molar-refractivity contribution >= 4 is 23.4 Å². The number of nitrogens with zero attached hydrogens (tertiary/aromatic N) is 3. The van der Waals surface area contributed by atoms with E-state index < -0.39 is 0 Å². The van der Waals surface area contributed by atoms with Crippen molar-refractivity contribution in [3.8, 4) is 6.07 Å². The van der Waals surface area contributed by atoms with Gasteiger partial charge in [0.25, 0.3) is 0 Å². The highest BCUT2D eigenvalue weighted by Gasteiger charge is 2.55. The standard InChI is InChI=1S/C26H33ClN6O/c1-16(14-34)32-23-19-6-17-7-20(23)10-26(8-17,9-19)15-31-24-21(11-28)13-30-25(33-24)29-12-18-4-2-3-5-22(18)27/h2-5,13,16-17,19-20,23,32,34H,6-10,12,14-15H2,1H3,(H2,29,30,31,33)/t16?,17?,19-,20+,23-,26+. The molecule has 6 atom stereocenters. The summed E-state index contributed by atoms with van der Waals surface area (Å²) in [5.74, 6) is 3.19. The number of anilines is 2. The van der Waals surface area contributed by atoms with Crippen LogP contribution in [0.5, 0.6) is 0 Å². The number of nitriles is 1. The molecule has 1 aromatic heterocycles. The summed E-state index contributed by atoms with van der Waals surface area (Å²) >= 11 is 6.26. The number of rotatable bonds is 9. The highest BCUT2D eigenvalue weighted by atomic mass is 35.5. The molecule has 7 nitrogen and oxygen atoms in total. The van der Waals surface area contributed by atoms with Gasteiger partial charge in [-0.25, -0.2) is 4.98 Å². The predicted octanol–water partition coefficient (Wildman–Crippen LogP) is 4.19. The Morgan fingerprint density at radius 1 is 1.21 bits per heavy atom. The van der Waals surface area contributed by atoms with Crippen LogP contribution in [0.3, 0.4) is 0 Å². The molecule has 4 aliphatic rings. The zero-order chi connectivity index (χ0) is 23.7. The fourth-order valence-electron chi connectivity index (χ4n) is 6.83. The lowest BCUT2D eigenvalue weighted by molar-refractivity contribution is -0.0727. The van der Waals surface area contributed by atoms with Crippen LogP contribution in [-0.4, -0.2) is 40.3 Å². The molecular weight excluding hydrogens is 448 g/mol. The Morgan fingerprint density at radius 3 is 2.68 bits per heavy atom. The molecule has 4 bridgehead atoms. The summed E-state index contributed by atoms with van der Waals surface area (Å²) in [5.41, 5.74) is 1.68. The Kier molecular flexibility index (Phi) is 6.65. The van der Waals surface area contributed by atoms with Crippen molar-refractivity contribution in [2.45, 2.75) is 57.7 Å². The maximum atomic E-state index is 9.62. The molecular formula is C26H33ClN6O. The van der Waals surface area contributed by atoms with Crippen molar-refractivity contribution in [2.75, 3.05) is 23.8 Å². The van der Waals surface area contributed by atoms with Crippen molar-refractivity contribution in [1.29, 1.82) is 5.26 Å². The third-order valence-corrected chi connectivity index (χ3v) is 8.45. The first-order valence-electron chi connectivity index (χ1n) is 12.3. The van der Waals surface area contributed by atoms with Gasteiger partial charge < -0.3 is 21.1 Å². The number of nitrogens with one attached hydrogen (secondary N) is 3. The van der Waals surface area contributed by atoms with Crippen molar-refractivity contribution in [3.63, 3.8) is 0 Å². The highest BCUT2D eigenvalue weighted by molar-refractivity contribution is 6.31. The van der Waals surface area contributed by atoms with E-state index in [-0.39, 0.29) is 18.1 Å². The second-order valence-electron chi connectivity index (χ2n) is 10.6. The van der Waals surface area contributed by atoms with Crippen LogP contribution in [-0.2, 0) is 6.54 Å². The van der Waals surface area contributed by atoms with Gasteiger partial charge in [0.15, 0.2) is 0 Å². The van der Waals surface area contributed by atoms with Gasteiger partial charge in [0.05, 0.1) is 12.8 Å². The lowest BCUT2D eigenvalue weighted by Gasteiger charge is -2.60. The van der Waals surface area contributed by atoms with E-state index in [4.69, 9.17) is 11.6 Å². The predicted molar refractivity (Wildman–Crippen MR) is 133 cm³/mol. The Labute approximate surface area is 206 Å². The summed E-state index contributed by atoms with van der Waals surface area (Å²) in [6.07, 6.45) is 7.79. The zero-order valence-corrected chi connectivity index (χ0v) is 20.4. The van der Waals surface area contributed by atoms with E-state index in [1.165, 1.54) is 32.1 Å². The molecule has 4 aliphatic carbocycles. The van der Waals surface area contributed by atoms with Gasteiger partial charge in [0.2, 0.25) is 5.95 Å². The van der Waals surface area contributed by atoms with E-state index in [9.17, 15) is 10.4 Å². The lowest BCUT2D eigenvalue weighted by Crippen LogP contribution is -2.61. The Balaban J connectivity index is 1.26. The number of aliphatic hydroxyl groups excluding tert-OH is 1. The average molecular weight is 481 g/mol. The monoisotopic (exact) mass is 480 g/mol. The van der Waals surface area contributed by atoms with Gasteiger partial charge in [-0.15, -0.1) is 0 Å². The summed E-state index contributed by atoms with van der Waals surface area (Å²) < 4.78 is 0. The Bertz CT molecular complexity index is 1060. The summed E-state index contributed by atoms with van der Waals surface area (Å²) in [5, 5.41) is 30.3. The molecule has 0 radical (unpaired) electrons. The summed E-state index contributed by atoms with van der Waals surface area (Å²) in [6, 6.07) is 10.6. The van der Waals surface area contributed by atoms with E-state index in [0.717, 1.165) is 18.0 Å². The number of benzene rings is 1. The van der Waals surface area contributed by atoms with Gasteiger partial charge in [-0.05, 0) is 73.8 Å². The third-order valence-electron chi connectivity index (χ3n) is 8.09. The van der Waals surface area contributed by atoms with Crippen LogP contribution in [0.15, 0.2) is 30.5 Å². The SMILES string of the molecule is CC(CO)N[C@@H]1[C@@H]2CC3C[C@H]1C[C@](CNc1nc(NCc4ccccc4Cl)ncc1C#N)(C3)C2. The summed E-state index contributed by atoms with van der Waals surface area (Å²) in [6.45, 7) is 3.59. The molecule has 4 saturated carbocycles. The summed E-state index contributed by atoms with van der Waals surface area (Å²) in [7, 11) is 0. The number of hydrogen-bond acceptors (Lipinski definition) is 7. The van der Waals surface area contributed by atoms with Gasteiger partial charge in [0.1, 0.15) is 17.5 Å². The molecule has 8 heteroatoms. The molecule has 0 saturated heterocycles. The Hall–Kier alpha value is -2.40. The number of aliphatic hydroxyl groups is 1. The third kappa shape index (κ3) is 4.72. The molecule has 0 spiro atoms. The van der Waals surface area contributed by atoms with Crippen LogP contribution >= 0.6 is 11.6 Å². The fourth-order valence-corrected chi connectivity index (χ4v) is 7.04. The highest BCUT2D eigenvalue weighted by Crippen LogP contribution is 2.60. The van der Waals surface area contributed by atoms with E-state index in [0.29, 0.717) is 46.8 Å². The minimum atomic E-state index is 0.146. The minimum Gasteiger partial charge on any atom is -0.395 e. The molecule has 34 heavy (non-hydrogen) atoms. The molecule has 4 fully saturated rings. The fraction of sp³-hybridized carbons (Fsp3) is 0.577. The van der Waals surface area contributed by atoms with Gasteiger partial charge in [-0.1, -0.05) is 29.8 Å². The van der Waals surface area contributed by atoms with Crippen molar-refractivity contribution in [1.82, 2.24) is 15.3 Å². The van der Waals surface area contributed by atoms with Gasteiger partial charge in [-0.3, -0.25) is 0 Å². The van der Waals surface area contributed by atoms with Crippen LogP contribution in [0, 0.1) is 34.5 Å². The van der Waals surface area contributed by atoms with E-state index in [1.54, 1.807) is 6.20 Å². The maximum absolute atomic E-state index is 9.62. The first kappa shape index (κ1) is 23.3.